The summed E-state index contributed by atoms with van der Waals surface area (Å²) in [7, 11) is -5.88. The number of amides is 1. The Morgan fingerprint density at radius 3 is 2.26 bits per heavy atom. The summed E-state index contributed by atoms with van der Waals surface area (Å²) in [6, 6.07) is 9.31. The second-order valence-corrected chi connectivity index (χ2v) is 12.0. The van der Waals surface area contributed by atoms with Gasteiger partial charge in [-0.2, -0.15) is 0 Å². The molecule has 0 saturated carbocycles. The van der Waals surface area contributed by atoms with Crippen LogP contribution in [0.25, 0.3) is 0 Å². The van der Waals surface area contributed by atoms with Gasteiger partial charge >= 0.3 is 0 Å². The van der Waals surface area contributed by atoms with Gasteiger partial charge in [0.1, 0.15) is 5.75 Å². The fourth-order valence-corrected chi connectivity index (χ4v) is 5.53. The van der Waals surface area contributed by atoms with E-state index in [-0.39, 0.29) is 36.0 Å². The third-order valence-corrected chi connectivity index (χ3v) is 7.94. The van der Waals surface area contributed by atoms with Gasteiger partial charge in [0.2, 0.25) is 26.0 Å². The second-order valence-electron chi connectivity index (χ2n) is 8.39. The number of methoxy groups -OCH3 is 1. The molecule has 0 fully saturated rings. The van der Waals surface area contributed by atoms with Gasteiger partial charge in [0, 0.05) is 19.0 Å². The van der Waals surface area contributed by atoms with Crippen molar-refractivity contribution in [3.8, 4) is 5.75 Å². The summed E-state index contributed by atoms with van der Waals surface area (Å²) in [4.78, 5) is 12.6. The Hall–Kier alpha value is -2.63. The Balaban J connectivity index is 2.13. The standard InChI is InChI=1S/C23H33N3O6S2/c1-16(2)25-34(30,31)20-11-12-22(32-5)21(15-20)24-23(27)8-7-13-26(33(6,28)29)19-10-9-17(3)18(4)14-19/h9-12,14-16,25H,7-8,13H2,1-6H3,(H,24,27). The van der Waals surface area contributed by atoms with Crippen LogP contribution in [0.1, 0.15) is 37.8 Å². The van der Waals surface area contributed by atoms with Gasteiger partial charge in [-0.1, -0.05) is 6.07 Å². The van der Waals surface area contributed by atoms with Crippen LogP contribution >= 0.6 is 0 Å². The van der Waals surface area contributed by atoms with E-state index in [4.69, 9.17) is 4.74 Å². The minimum absolute atomic E-state index is 0.00436. The van der Waals surface area contributed by atoms with E-state index in [0.29, 0.717) is 11.4 Å². The molecule has 0 aromatic heterocycles. The number of sulfonamides is 2. The van der Waals surface area contributed by atoms with Gasteiger partial charge in [-0.3, -0.25) is 9.10 Å². The van der Waals surface area contributed by atoms with Crippen LogP contribution in [-0.4, -0.2) is 48.7 Å². The van der Waals surface area contributed by atoms with E-state index in [1.807, 2.05) is 19.9 Å². The third kappa shape index (κ3) is 7.44. The van der Waals surface area contributed by atoms with Gasteiger partial charge in [-0.05, 0) is 75.6 Å². The first-order chi connectivity index (χ1) is 15.7. The van der Waals surface area contributed by atoms with Gasteiger partial charge in [-0.25, -0.2) is 21.6 Å². The SMILES string of the molecule is COc1ccc(S(=O)(=O)NC(C)C)cc1NC(=O)CCCN(c1ccc(C)c(C)c1)S(C)(=O)=O. The number of hydrogen-bond donors (Lipinski definition) is 2. The fraction of sp³-hybridized carbons (Fsp3) is 0.435. The lowest BCUT2D eigenvalue weighted by molar-refractivity contribution is -0.116. The summed E-state index contributed by atoms with van der Waals surface area (Å²) in [5.41, 5.74) is 2.78. The molecule has 0 saturated heterocycles. The van der Waals surface area contributed by atoms with E-state index < -0.39 is 26.0 Å². The molecule has 0 aliphatic heterocycles. The van der Waals surface area contributed by atoms with Gasteiger partial charge in [-0.15, -0.1) is 0 Å². The van der Waals surface area contributed by atoms with Crippen LogP contribution in [0.3, 0.4) is 0 Å². The number of nitrogens with one attached hydrogen (secondary N) is 2. The Morgan fingerprint density at radius 2 is 1.71 bits per heavy atom. The molecule has 0 atom stereocenters. The maximum Gasteiger partial charge on any atom is 0.240 e. The molecule has 1 amide bonds. The topological polar surface area (TPSA) is 122 Å². The van der Waals surface area contributed by atoms with Crippen molar-refractivity contribution in [2.75, 3.05) is 29.5 Å². The molecule has 9 nitrogen and oxygen atoms in total. The number of rotatable bonds is 11. The summed E-state index contributed by atoms with van der Waals surface area (Å²) < 4.78 is 58.6. The average Bonchev–Trinajstić information content (AvgIpc) is 2.71. The Kier molecular flexibility index (Phi) is 9.09. The molecule has 0 spiro atoms. The maximum absolute atomic E-state index is 12.6. The highest BCUT2D eigenvalue weighted by Crippen LogP contribution is 2.28. The van der Waals surface area contributed by atoms with Crippen LogP contribution in [-0.2, 0) is 24.8 Å². The molecule has 0 bridgehead atoms. The first-order valence-electron chi connectivity index (χ1n) is 10.8. The quantitative estimate of drug-likeness (QED) is 0.478. The first kappa shape index (κ1) is 27.6. The number of anilines is 2. The summed E-state index contributed by atoms with van der Waals surface area (Å²) in [5.74, 6) is -0.0806. The molecule has 2 aromatic rings. The Morgan fingerprint density at radius 1 is 1.03 bits per heavy atom. The van der Waals surface area contributed by atoms with Crippen molar-refractivity contribution in [1.82, 2.24) is 4.72 Å². The summed E-state index contributed by atoms with van der Waals surface area (Å²) >= 11 is 0. The van der Waals surface area contributed by atoms with E-state index in [1.54, 1.807) is 26.0 Å². The second kappa shape index (κ2) is 11.2. The molecule has 2 aromatic carbocycles. The van der Waals surface area contributed by atoms with Crippen molar-refractivity contribution in [3.63, 3.8) is 0 Å². The highest BCUT2D eigenvalue weighted by molar-refractivity contribution is 7.92. The van der Waals surface area contributed by atoms with Gasteiger partial charge in [0.15, 0.2) is 0 Å². The molecule has 0 radical (unpaired) electrons. The molecular weight excluding hydrogens is 478 g/mol. The van der Waals surface area contributed by atoms with E-state index >= 15 is 0 Å². The van der Waals surface area contributed by atoms with Crippen molar-refractivity contribution in [2.24, 2.45) is 0 Å². The van der Waals surface area contributed by atoms with Crippen LogP contribution in [0.5, 0.6) is 5.75 Å². The lowest BCUT2D eigenvalue weighted by atomic mass is 10.1. The Labute approximate surface area is 202 Å². The number of carbonyl (C=O) groups excluding carboxylic acids is 1. The number of benzene rings is 2. The zero-order chi connectivity index (χ0) is 25.7. The molecule has 0 aliphatic carbocycles. The molecule has 0 unspecified atom stereocenters. The molecule has 0 heterocycles. The molecule has 2 N–H and O–H groups in total. The first-order valence-corrected chi connectivity index (χ1v) is 14.1. The fourth-order valence-electron chi connectivity index (χ4n) is 3.29. The van der Waals surface area contributed by atoms with Crippen molar-refractivity contribution >= 4 is 37.3 Å². The van der Waals surface area contributed by atoms with Crippen molar-refractivity contribution in [1.29, 1.82) is 0 Å². The molecule has 0 aliphatic rings. The smallest absolute Gasteiger partial charge is 0.240 e. The monoisotopic (exact) mass is 511 g/mol. The summed E-state index contributed by atoms with van der Waals surface area (Å²) in [5, 5.41) is 2.67. The summed E-state index contributed by atoms with van der Waals surface area (Å²) in [6.07, 6.45) is 1.42. The molecule has 34 heavy (non-hydrogen) atoms. The highest BCUT2D eigenvalue weighted by atomic mass is 32.2. The molecule has 2 rings (SSSR count). The number of carbonyl (C=O) groups is 1. The van der Waals surface area contributed by atoms with Crippen LogP contribution in [0.2, 0.25) is 0 Å². The third-order valence-electron chi connectivity index (χ3n) is 5.09. The normalized spacial score (nSPS) is 12.0. The van der Waals surface area contributed by atoms with Gasteiger partial charge in [0.25, 0.3) is 0 Å². The number of nitrogens with zero attached hydrogens (tertiary/aromatic N) is 1. The molecular formula is C23H33N3O6S2. The van der Waals surface area contributed by atoms with E-state index in [2.05, 4.69) is 10.0 Å². The van der Waals surface area contributed by atoms with E-state index in [0.717, 1.165) is 17.4 Å². The van der Waals surface area contributed by atoms with E-state index in [9.17, 15) is 21.6 Å². The minimum atomic E-state index is -3.75. The van der Waals surface area contributed by atoms with Crippen LogP contribution in [0, 0.1) is 13.8 Å². The Bertz CT molecular complexity index is 1240. The van der Waals surface area contributed by atoms with Crippen molar-refractivity contribution in [3.05, 3.63) is 47.5 Å². The van der Waals surface area contributed by atoms with Gasteiger partial charge < -0.3 is 10.1 Å². The van der Waals surface area contributed by atoms with Crippen LogP contribution in [0.4, 0.5) is 11.4 Å². The molecule has 11 heteroatoms. The number of aryl methyl sites for hydroxylation is 2. The largest absolute Gasteiger partial charge is 0.495 e. The predicted octanol–water partition coefficient (Wildman–Crippen LogP) is 3.18. The average molecular weight is 512 g/mol. The number of ether oxygens (including phenoxy) is 1. The van der Waals surface area contributed by atoms with Crippen molar-refractivity contribution < 1.29 is 26.4 Å². The van der Waals surface area contributed by atoms with Crippen LogP contribution in [0.15, 0.2) is 41.3 Å². The number of hydrogen-bond acceptors (Lipinski definition) is 6. The maximum atomic E-state index is 12.6. The predicted molar refractivity (Wildman–Crippen MR) is 134 cm³/mol. The van der Waals surface area contributed by atoms with Crippen LogP contribution < -0.4 is 19.1 Å². The summed E-state index contributed by atoms with van der Waals surface area (Å²) in [6.45, 7) is 7.40. The lowest BCUT2D eigenvalue weighted by Crippen LogP contribution is -2.31. The van der Waals surface area contributed by atoms with E-state index in [1.165, 1.54) is 29.6 Å². The lowest BCUT2D eigenvalue weighted by Gasteiger charge is -2.23. The van der Waals surface area contributed by atoms with Gasteiger partial charge in [0.05, 0.1) is 29.6 Å². The minimum Gasteiger partial charge on any atom is -0.495 e. The molecule has 188 valence electrons. The zero-order valence-corrected chi connectivity index (χ0v) is 22.0. The highest BCUT2D eigenvalue weighted by Gasteiger charge is 2.20. The van der Waals surface area contributed by atoms with Crippen molar-refractivity contribution in [2.45, 2.75) is 51.5 Å². The zero-order valence-electron chi connectivity index (χ0n) is 20.4.